The number of thioether (sulfide) groups is 1. The Labute approximate surface area is 101 Å². The van der Waals surface area contributed by atoms with Gasteiger partial charge in [0.1, 0.15) is 11.3 Å². The maximum absolute atomic E-state index is 13.6. The minimum absolute atomic E-state index is 0.154. The molecule has 3 nitrogen and oxygen atoms in total. The number of nitrogens with zero attached hydrogens (tertiary/aromatic N) is 2. The number of halogens is 2. The van der Waals surface area contributed by atoms with E-state index in [1.54, 1.807) is 4.57 Å². The van der Waals surface area contributed by atoms with Gasteiger partial charge in [0, 0.05) is 23.9 Å². The van der Waals surface area contributed by atoms with Crippen LogP contribution in [-0.4, -0.2) is 21.1 Å². The van der Waals surface area contributed by atoms with Crippen molar-refractivity contribution in [3.63, 3.8) is 0 Å². The van der Waals surface area contributed by atoms with E-state index >= 15 is 0 Å². The van der Waals surface area contributed by atoms with Crippen molar-refractivity contribution >= 4 is 28.7 Å². The van der Waals surface area contributed by atoms with Crippen LogP contribution in [0.15, 0.2) is 12.1 Å². The quantitative estimate of drug-likeness (QED) is 0.851. The van der Waals surface area contributed by atoms with Crippen molar-refractivity contribution in [2.75, 3.05) is 17.2 Å². The lowest BCUT2D eigenvalue weighted by molar-refractivity contribution is 0.574. The molecule has 1 aliphatic rings. The number of fused-ring (bicyclic) bond motifs is 1. The summed E-state index contributed by atoms with van der Waals surface area (Å²) >= 11 is 1.81. The molecule has 90 valence electrons. The zero-order chi connectivity index (χ0) is 12.0. The Hall–Kier alpha value is -1.30. The monoisotopic (exact) mass is 255 g/mol. The van der Waals surface area contributed by atoms with Gasteiger partial charge in [0.15, 0.2) is 5.82 Å². The fourth-order valence-electron chi connectivity index (χ4n) is 2.25. The van der Waals surface area contributed by atoms with Crippen LogP contribution in [0.2, 0.25) is 0 Å². The van der Waals surface area contributed by atoms with E-state index in [-0.39, 0.29) is 17.5 Å². The first kappa shape index (κ1) is 10.8. The summed E-state index contributed by atoms with van der Waals surface area (Å²) in [5.41, 5.74) is 6.41. The molecule has 1 aliphatic heterocycles. The summed E-state index contributed by atoms with van der Waals surface area (Å²) in [6.07, 6.45) is 0.957. The van der Waals surface area contributed by atoms with Crippen molar-refractivity contribution in [1.82, 2.24) is 9.55 Å². The van der Waals surface area contributed by atoms with Crippen LogP contribution in [0.3, 0.4) is 0 Å². The molecule has 2 heterocycles. The first-order valence-electron chi connectivity index (χ1n) is 5.37. The first-order valence-corrected chi connectivity index (χ1v) is 6.52. The highest BCUT2D eigenvalue weighted by Gasteiger charge is 2.23. The van der Waals surface area contributed by atoms with Crippen molar-refractivity contribution in [2.24, 2.45) is 0 Å². The van der Waals surface area contributed by atoms with Crippen LogP contribution in [0.25, 0.3) is 11.0 Å². The van der Waals surface area contributed by atoms with Gasteiger partial charge in [0.05, 0.1) is 5.52 Å². The normalized spacial score (nSPS) is 20.2. The smallest absolute Gasteiger partial charge is 0.201 e. The number of hydrogen-bond acceptors (Lipinski definition) is 3. The van der Waals surface area contributed by atoms with E-state index in [1.165, 1.54) is 6.07 Å². The van der Waals surface area contributed by atoms with Crippen molar-refractivity contribution in [1.29, 1.82) is 0 Å². The van der Waals surface area contributed by atoms with E-state index in [0.29, 0.717) is 5.52 Å². The predicted octanol–water partition coefficient (Wildman–Crippen LogP) is 2.57. The molecule has 0 aliphatic carbocycles. The van der Waals surface area contributed by atoms with Crippen LogP contribution in [0.1, 0.15) is 12.5 Å². The molecule has 1 atom stereocenters. The lowest BCUT2D eigenvalue weighted by Crippen LogP contribution is -2.11. The molecule has 3 rings (SSSR count). The lowest BCUT2D eigenvalue weighted by atomic mass is 10.2. The van der Waals surface area contributed by atoms with Gasteiger partial charge in [0.25, 0.3) is 0 Å². The Morgan fingerprint density at radius 1 is 1.41 bits per heavy atom. The number of benzene rings is 1. The third-order valence-electron chi connectivity index (χ3n) is 3.01. The van der Waals surface area contributed by atoms with Crippen molar-refractivity contribution in [3.8, 4) is 0 Å². The van der Waals surface area contributed by atoms with Crippen LogP contribution in [-0.2, 0) is 0 Å². The van der Waals surface area contributed by atoms with Gasteiger partial charge in [-0.3, -0.25) is 0 Å². The highest BCUT2D eigenvalue weighted by atomic mass is 32.2. The van der Waals surface area contributed by atoms with Crippen LogP contribution in [0, 0.1) is 11.6 Å². The molecule has 2 N–H and O–H groups in total. The van der Waals surface area contributed by atoms with E-state index in [2.05, 4.69) is 4.98 Å². The molecule has 6 heteroatoms. The Balaban J connectivity index is 2.25. The summed E-state index contributed by atoms with van der Waals surface area (Å²) in [5, 5.41) is 0. The third-order valence-corrected chi connectivity index (χ3v) is 4.16. The van der Waals surface area contributed by atoms with Crippen molar-refractivity contribution < 1.29 is 8.78 Å². The van der Waals surface area contributed by atoms with Crippen LogP contribution < -0.4 is 5.73 Å². The summed E-state index contributed by atoms with van der Waals surface area (Å²) in [4.78, 5) is 3.99. The zero-order valence-electron chi connectivity index (χ0n) is 8.99. The minimum atomic E-state index is -0.656. The van der Waals surface area contributed by atoms with Crippen molar-refractivity contribution in [2.45, 2.75) is 12.5 Å². The fourth-order valence-corrected chi connectivity index (χ4v) is 3.44. The van der Waals surface area contributed by atoms with Gasteiger partial charge < -0.3 is 10.3 Å². The number of nitrogens with two attached hydrogens (primary N) is 1. The van der Waals surface area contributed by atoms with Gasteiger partial charge in [-0.15, -0.1) is 0 Å². The van der Waals surface area contributed by atoms with Crippen LogP contribution >= 0.6 is 11.8 Å². The van der Waals surface area contributed by atoms with Crippen LogP contribution in [0.4, 0.5) is 14.7 Å². The topological polar surface area (TPSA) is 43.8 Å². The SMILES string of the molecule is Nc1nc2c(F)cc(F)cc2n1C1CCSC1. The second-order valence-corrected chi connectivity index (χ2v) is 5.26. The molecular formula is C11H11F2N3S. The number of anilines is 1. The summed E-state index contributed by atoms with van der Waals surface area (Å²) < 4.78 is 28.5. The average molecular weight is 255 g/mol. The Morgan fingerprint density at radius 2 is 2.24 bits per heavy atom. The summed E-state index contributed by atoms with van der Waals surface area (Å²) in [7, 11) is 0. The van der Waals surface area contributed by atoms with Gasteiger partial charge in [-0.1, -0.05) is 0 Å². The largest absolute Gasteiger partial charge is 0.369 e. The summed E-state index contributed by atoms with van der Waals surface area (Å²) in [5.74, 6) is 0.963. The minimum Gasteiger partial charge on any atom is -0.369 e. The second-order valence-electron chi connectivity index (χ2n) is 4.11. The molecule has 1 unspecified atom stereocenters. The average Bonchev–Trinajstić information content (AvgIpc) is 2.84. The molecule has 1 aromatic heterocycles. The van der Waals surface area contributed by atoms with E-state index in [9.17, 15) is 8.78 Å². The molecule has 0 bridgehead atoms. The molecular weight excluding hydrogens is 244 g/mol. The van der Waals surface area contributed by atoms with Gasteiger partial charge >= 0.3 is 0 Å². The lowest BCUT2D eigenvalue weighted by Gasteiger charge is -2.13. The number of rotatable bonds is 1. The maximum atomic E-state index is 13.6. The van der Waals surface area contributed by atoms with Gasteiger partial charge in [-0.2, -0.15) is 11.8 Å². The predicted molar refractivity (Wildman–Crippen MR) is 65.0 cm³/mol. The first-order chi connectivity index (χ1) is 8.16. The standard InChI is InChI=1S/C11H11F2N3S/c12-6-3-8(13)10-9(4-6)16(11(14)15-10)7-1-2-17-5-7/h3-4,7H,1-2,5H2,(H2,14,15). The second kappa shape index (κ2) is 3.87. The Kier molecular flexibility index (Phi) is 2.47. The van der Waals surface area contributed by atoms with E-state index in [4.69, 9.17) is 5.73 Å². The van der Waals surface area contributed by atoms with E-state index in [1.807, 2.05) is 11.8 Å². The van der Waals surface area contributed by atoms with E-state index < -0.39 is 11.6 Å². The fraction of sp³-hybridized carbons (Fsp3) is 0.364. The summed E-state index contributed by atoms with van der Waals surface area (Å²) in [6.45, 7) is 0. The highest BCUT2D eigenvalue weighted by Crippen LogP contribution is 2.33. The molecule has 1 saturated heterocycles. The molecule has 0 saturated carbocycles. The van der Waals surface area contributed by atoms with Crippen molar-refractivity contribution in [3.05, 3.63) is 23.8 Å². The Bertz CT molecular complexity index is 576. The molecule has 17 heavy (non-hydrogen) atoms. The number of aromatic nitrogens is 2. The molecule has 1 aromatic carbocycles. The molecule has 2 aromatic rings. The molecule has 0 amide bonds. The maximum Gasteiger partial charge on any atom is 0.201 e. The van der Waals surface area contributed by atoms with Gasteiger partial charge in [0.2, 0.25) is 5.95 Å². The zero-order valence-corrected chi connectivity index (χ0v) is 9.81. The van der Waals surface area contributed by atoms with Gasteiger partial charge in [-0.05, 0) is 12.2 Å². The number of nitrogen functional groups attached to an aromatic ring is 1. The number of imidazole rings is 1. The Morgan fingerprint density at radius 3 is 2.94 bits per heavy atom. The third kappa shape index (κ3) is 1.67. The van der Waals surface area contributed by atoms with Crippen LogP contribution in [0.5, 0.6) is 0 Å². The highest BCUT2D eigenvalue weighted by molar-refractivity contribution is 7.99. The molecule has 1 fully saturated rings. The molecule has 0 spiro atoms. The summed E-state index contributed by atoms with van der Waals surface area (Å²) in [6, 6.07) is 2.32. The number of hydrogen-bond donors (Lipinski definition) is 1. The van der Waals surface area contributed by atoms with E-state index in [0.717, 1.165) is 24.0 Å². The van der Waals surface area contributed by atoms with Gasteiger partial charge in [-0.25, -0.2) is 13.8 Å². The molecule has 0 radical (unpaired) electrons.